The summed E-state index contributed by atoms with van der Waals surface area (Å²) in [6.07, 6.45) is 2.97. The summed E-state index contributed by atoms with van der Waals surface area (Å²) < 4.78 is 6.20. The van der Waals surface area contributed by atoms with Gasteiger partial charge < -0.3 is 15.2 Å². The third kappa shape index (κ3) is 3.74. The van der Waals surface area contributed by atoms with Gasteiger partial charge in [0.15, 0.2) is 0 Å². The molecule has 0 radical (unpaired) electrons. The number of carbonyl (C=O) groups is 1. The van der Waals surface area contributed by atoms with E-state index in [9.17, 15) is 4.79 Å². The summed E-state index contributed by atoms with van der Waals surface area (Å²) in [6, 6.07) is 14.9. The first-order chi connectivity index (χ1) is 11.3. The second-order valence-electron chi connectivity index (χ2n) is 4.62. The molecule has 0 bridgehead atoms. The van der Waals surface area contributed by atoms with Crippen LogP contribution in [0, 0.1) is 0 Å². The van der Waals surface area contributed by atoms with Gasteiger partial charge in [-0.15, -0.1) is 0 Å². The van der Waals surface area contributed by atoms with Crippen molar-refractivity contribution in [1.82, 2.24) is 4.98 Å². The fraction of sp³-hybridized carbons (Fsp3) is 0.0588. The maximum atomic E-state index is 11.9. The molecule has 5 nitrogen and oxygen atoms in total. The van der Waals surface area contributed by atoms with E-state index in [0.717, 1.165) is 21.5 Å². The molecule has 0 fully saturated rings. The number of aliphatic hydroxyl groups excluding tert-OH is 1. The van der Waals surface area contributed by atoms with Crippen LogP contribution in [0.15, 0.2) is 54.6 Å². The molecule has 0 spiro atoms. The Bertz CT molecular complexity index is 825. The number of aromatic nitrogens is 1. The van der Waals surface area contributed by atoms with Crippen molar-refractivity contribution in [2.24, 2.45) is 0 Å². The van der Waals surface area contributed by atoms with Crippen molar-refractivity contribution in [3.05, 3.63) is 60.2 Å². The van der Waals surface area contributed by atoms with E-state index in [0.29, 0.717) is 5.19 Å². The van der Waals surface area contributed by atoms with Crippen LogP contribution >= 0.6 is 11.3 Å². The predicted octanol–water partition coefficient (Wildman–Crippen LogP) is 3.28. The Kier molecular flexibility index (Phi) is 4.65. The number of hydrogen-bond donors (Lipinski definition) is 2. The molecule has 116 valence electrons. The number of rotatable bonds is 5. The molecule has 2 N–H and O–H groups in total. The van der Waals surface area contributed by atoms with E-state index in [1.165, 1.54) is 17.4 Å². The number of nitrogens with one attached hydrogen (secondary N) is 1. The monoisotopic (exact) mass is 326 g/mol. The zero-order valence-corrected chi connectivity index (χ0v) is 12.9. The summed E-state index contributed by atoms with van der Waals surface area (Å²) >= 11 is 1.33. The van der Waals surface area contributed by atoms with E-state index in [4.69, 9.17) is 9.84 Å². The lowest BCUT2D eigenvalue weighted by Gasteiger charge is -2.05. The lowest BCUT2D eigenvalue weighted by atomic mass is 10.1. The number of aliphatic hydroxyl groups is 1. The molecule has 0 aliphatic heterocycles. The number of esters is 1. The van der Waals surface area contributed by atoms with Gasteiger partial charge in [0.25, 0.3) is 5.19 Å². The smallest absolute Gasteiger partial charge is 0.338 e. The van der Waals surface area contributed by atoms with Crippen molar-refractivity contribution >= 4 is 39.3 Å². The lowest BCUT2D eigenvalue weighted by molar-refractivity contribution is -0.128. The van der Waals surface area contributed by atoms with Crippen LogP contribution in [0.4, 0.5) is 5.69 Å². The number of para-hydroxylation sites is 2. The molecule has 0 saturated heterocycles. The summed E-state index contributed by atoms with van der Waals surface area (Å²) in [5.41, 5.74) is 2.32. The number of carbonyl (C=O) groups excluding carboxylic acids is 1. The van der Waals surface area contributed by atoms with E-state index in [-0.39, 0.29) is 6.73 Å². The molecule has 2 aromatic carbocycles. The molecule has 1 aromatic heterocycles. The highest BCUT2D eigenvalue weighted by molar-refractivity contribution is 7.20. The predicted molar refractivity (Wildman–Crippen MR) is 91.4 cm³/mol. The minimum Gasteiger partial charge on any atom is -0.395 e. The van der Waals surface area contributed by atoms with Crippen LogP contribution in [0.5, 0.6) is 5.19 Å². The average Bonchev–Trinajstić information content (AvgIpc) is 2.96. The highest BCUT2D eigenvalue weighted by Gasteiger charge is 2.07. The molecule has 0 saturated carbocycles. The molecule has 0 unspecified atom stereocenters. The molecule has 23 heavy (non-hydrogen) atoms. The highest BCUT2D eigenvalue weighted by Crippen LogP contribution is 2.27. The van der Waals surface area contributed by atoms with Crippen LogP contribution in [-0.2, 0) is 4.79 Å². The fourth-order valence-corrected chi connectivity index (χ4v) is 2.88. The summed E-state index contributed by atoms with van der Waals surface area (Å²) in [6.45, 7) is -0.180. The van der Waals surface area contributed by atoms with Crippen molar-refractivity contribution in [3.8, 4) is 5.19 Å². The summed E-state index contributed by atoms with van der Waals surface area (Å²) in [4.78, 5) is 16.2. The fourth-order valence-electron chi connectivity index (χ4n) is 2.06. The molecule has 0 aliphatic carbocycles. The summed E-state index contributed by atoms with van der Waals surface area (Å²) in [5, 5.41) is 12.1. The Balaban J connectivity index is 1.71. The number of nitrogens with zero attached hydrogens (tertiary/aromatic N) is 1. The van der Waals surface area contributed by atoms with Gasteiger partial charge in [-0.1, -0.05) is 41.7 Å². The van der Waals surface area contributed by atoms with Gasteiger partial charge in [-0.25, -0.2) is 9.78 Å². The standard InChI is InChI=1S/C17H14N2O3S/c20-11-18-13-6-2-1-5-12(13)9-10-16(21)22-17-19-14-7-3-4-8-15(14)23-17/h1-10,18,20H,11H2/b10-9+. The van der Waals surface area contributed by atoms with Gasteiger partial charge in [0.1, 0.15) is 6.73 Å². The maximum absolute atomic E-state index is 11.9. The number of anilines is 1. The van der Waals surface area contributed by atoms with Gasteiger partial charge in [-0.3, -0.25) is 0 Å². The van der Waals surface area contributed by atoms with E-state index in [2.05, 4.69) is 10.3 Å². The minimum atomic E-state index is -0.497. The lowest BCUT2D eigenvalue weighted by Crippen LogP contribution is -2.04. The van der Waals surface area contributed by atoms with E-state index in [1.54, 1.807) is 6.08 Å². The Hall–Kier alpha value is -2.70. The third-order valence-electron chi connectivity index (χ3n) is 3.09. The van der Waals surface area contributed by atoms with Gasteiger partial charge >= 0.3 is 5.97 Å². The van der Waals surface area contributed by atoms with Crippen LogP contribution in [0.1, 0.15) is 5.56 Å². The molecular weight excluding hydrogens is 312 g/mol. The zero-order valence-electron chi connectivity index (χ0n) is 12.1. The molecule has 6 heteroatoms. The van der Waals surface area contributed by atoms with Gasteiger partial charge in [-0.2, -0.15) is 0 Å². The van der Waals surface area contributed by atoms with Crippen LogP contribution < -0.4 is 10.1 Å². The van der Waals surface area contributed by atoms with Crippen LogP contribution in [0.2, 0.25) is 0 Å². The molecule has 0 aliphatic rings. The SMILES string of the molecule is O=C(/C=C/c1ccccc1NCO)Oc1nc2ccccc2s1. The van der Waals surface area contributed by atoms with Crippen LogP contribution in [0.3, 0.4) is 0 Å². The number of benzene rings is 2. The molecular formula is C17H14N2O3S. The first-order valence-corrected chi connectivity index (χ1v) is 7.77. The highest BCUT2D eigenvalue weighted by atomic mass is 32.1. The Morgan fingerprint density at radius 2 is 2.00 bits per heavy atom. The second-order valence-corrected chi connectivity index (χ2v) is 5.62. The van der Waals surface area contributed by atoms with E-state index >= 15 is 0 Å². The summed E-state index contributed by atoms with van der Waals surface area (Å²) in [7, 11) is 0. The molecule has 0 atom stereocenters. The Morgan fingerprint density at radius 1 is 1.22 bits per heavy atom. The van der Waals surface area contributed by atoms with Gasteiger partial charge in [0.05, 0.1) is 10.2 Å². The van der Waals surface area contributed by atoms with E-state index in [1.807, 2.05) is 48.5 Å². The maximum Gasteiger partial charge on any atom is 0.338 e. The Morgan fingerprint density at radius 3 is 2.83 bits per heavy atom. The molecule has 3 rings (SSSR count). The minimum absolute atomic E-state index is 0.180. The average molecular weight is 326 g/mol. The number of fused-ring (bicyclic) bond motifs is 1. The van der Waals surface area contributed by atoms with Crippen molar-refractivity contribution in [1.29, 1.82) is 0 Å². The second kappa shape index (κ2) is 7.04. The molecule has 3 aromatic rings. The normalized spacial score (nSPS) is 11.0. The first kappa shape index (κ1) is 15.2. The van der Waals surface area contributed by atoms with Gasteiger partial charge in [0, 0.05) is 11.8 Å². The molecule has 1 heterocycles. The number of hydrogen-bond acceptors (Lipinski definition) is 6. The number of ether oxygens (including phenoxy) is 1. The zero-order chi connectivity index (χ0) is 16.1. The van der Waals surface area contributed by atoms with Crippen LogP contribution in [0.25, 0.3) is 16.3 Å². The topological polar surface area (TPSA) is 71.5 Å². The van der Waals surface area contributed by atoms with Crippen molar-refractivity contribution < 1.29 is 14.6 Å². The van der Waals surface area contributed by atoms with Crippen molar-refractivity contribution in [2.75, 3.05) is 12.0 Å². The van der Waals surface area contributed by atoms with Crippen molar-refractivity contribution in [3.63, 3.8) is 0 Å². The number of thiazole rings is 1. The quantitative estimate of drug-likeness (QED) is 0.428. The van der Waals surface area contributed by atoms with Gasteiger partial charge in [-0.05, 0) is 29.8 Å². The third-order valence-corrected chi connectivity index (χ3v) is 4.01. The van der Waals surface area contributed by atoms with E-state index < -0.39 is 5.97 Å². The molecule has 0 amide bonds. The largest absolute Gasteiger partial charge is 0.395 e. The van der Waals surface area contributed by atoms with Crippen LogP contribution in [-0.4, -0.2) is 22.8 Å². The Labute approximate surface area is 136 Å². The van der Waals surface area contributed by atoms with Gasteiger partial charge in [0.2, 0.25) is 0 Å². The summed E-state index contributed by atoms with van der Waals surface area (Å²) in [5.74, 6) is -0.497. The van der Waals surface area contributed by atoms with Crippen molar-refractivity contribution in [2.45, 2.75) is 0 Å². The first-order valence-electron chi connectivity index (χ1n) is 6.95.